The van der Waals surface area contributed by atoms with Crippen molar-refractivity contribution in [3.8, 4) is 0 Å². The molecule has 254 valence electrons. The summed E-state index contributed by atoms with van der Waals surface area (Å²) in [7, 11) is 0. The molecule has 3 heterocycles. The van der Waals surface area contributed by atoms with Gasteiger partial charge < -0.3 is 29.9 Å². The van der Waals surface area contributed by atoms with Crippen molar-refractivity contribution in [1.29, 1.82) is 0 Å². The van der Waals surface area contributed by atoms with Crippen molar-refractivity contribution in [2.45, 2.75) is 103 Å². The fraction of sp³-hybridized carbons (Fsp3) is 0.667. The number of rotatable bonds is 5. The number of hydrogen-bond acceptors (Lipinski definition) is 6. The molecule has 2 bridgehead atoms. The summed E-state index contributed by atoms with van der Waals surface area (Å²) in [4.78, 5) is 55.5. The highest BCUT2D eigenvalue weighted by Crippen LogP contribution is 2.41. The Morgan fingerprint density at radius 1 is 1.04 bits per heavy atom. The van der Waals surface area contributed by atoms with Crippen LogP contribution in [0.3, 0.4) is 0 Å². The SMILES string of the molecule is CC1=C(CCN2CCCCNC(=O)[C@@H]3C[C@@H](CN3C(=O)[C@H]3CCCO3)N(C(=O)c3ccccc3)CCC2)C(C)(C)CCC1.O=CO. The smallest absolute Gasteiger partial charge is 0.290 e. The fourth-order valence-electron chi connectivity index (χ4n) is 7.77. The zero-order valence-electron chi connectivity index (χ0n) is 28.0. The Morgan fingerprint density at radius 2 is 1.78 bits per heavy atom. The zero-order chi connectivity index (χ0) is 33.1. The number of fused-ring (bicyclic) bond motifs is 2. The maximum atomic E-state index is 13.9. The van der Waals surface area contributed by atoms with E-state index in [4.69, 9.17) is 14.6 Å². The molecule has 3 saturated heterocycles. The van der Waals surface area contributed by atoms with Gasteiger partial charge in [-0.2, -0.15) is 0 Å². The van der Waals surface area contributed by atoms with Crippen LogP contribution in [0.1, 0.15) is 95.3 Å². The van der Waals surface area contributed by atoms with Crippen molar-refractivity contribution in [3.05, 3.63) is 47.0 Å². The van der Waals surface area contributed by atoms with Gasteiger partial charge in [-0.05, 0) is 102 Å². The summed E-state index contributed by atoms with van der Waals surface area (Å²) in [5.41, 5.74) is 4.10. The number of amides is 3. The highest BCUT2D eigenvalue weighted by atomic mass is 16.5. The summed E-state index contributed by atoms with van der Waals surface area (Å²) in [5, 5.41) is 10.0. The molecule has 0 radical (unpaired) electrons. The van der Waals surface area contributed by atoms with E-state index in [0.29, 0.717) is 44.6 Å². The van der Waals surface area contributed by atoms with Gasteiger partial charge in [-0.15, -0.1) is 0 Å². The minimum Gasteiger partial charge on any atom is -0.483 e. The van der Waals surface area contributed by atoms with Crippen LogP contribution in [0.15, 0.2) is 41.5 Å². The number of ether oxygens (including phenoxy) is 1. The highest BCUT2D eigenvalue weighted by molar-refractivity contribution is 5.95. The van der Waals surface area contributed by atoms with Gasteiger partial charge in [-0.25, -0.2) is 0 Å². The summed E-state index contributed by atoms with van der Waals surface area (Å²) in [6.45, 7) is 11.9. The Kier molecular flexibility index (Phi) is 13.2. The van der Waals surface area contributed by atoms with Crippen molar-refractivity contribution in [1.82, 2.24) is 20.0 Å². The number of hydrogen-bond donors (Lipinski definition) is 2. The van der Waals surface area contributed by atoms with Gasteiger partial charge in [0.1, 0.15) is 12.1 Å². The largest absolute Gasteiger partial charge is 0.483 e. The topological polar surface area (TPSA) is 119 Å². The third kappa shape index (κ3) is 9.18. The minimum atomic E-state index is -0.581. The molecule has 1 aromatic carbocycles. The lowest BCUT2D eigenvalue weighted by atomic mass is 9.71. The number of carboxylic acid groups (broad SMARTS) is 1. The van der Waals surface area contributed by atoms with Crippen LogP contribution in [0.2, 0.25) is 0 Å². The Morgan fingerprint density at radius 3 is 2.48 bits per heavy atom. The Labute approximate surface area is 274 Å². The van der Waals surface area contributed by atoms with Crippen molar-refractivity contribution >= 4 is 24.2 Å². The van der Waals surface area contributed by atoms with Gasteiger partial charge in [0.05, 0.1) is 6.04 Å². The molecule has 3 aliphatic heterocycles. The first-order valence-electron chi connectivity index (χ1n) is 17.2. The monoisotopic (exact) mass is 638 g/mol. The molecule has 1 aromatic rings. The van der Waals surface area contributed by atoms with E-state index in [9.17, 15) is 14.4 Å². The molecule has 4 aliphatic rings. The Balaban J connectivity index is 0.00000154. The van der Waals surface area contributed by atoms with Crippen LogP contribution in [-0.4, -0.2) is 108 Å². The quantitative estimate of drug-likeness (QED) is 0.360. The lowest BCUT2D eigenvalue weighted by Crippen LogP contribution is -2.49. The standard InChI is InChI=1S/C35H52N4O4.CH2O2/c1-26-12-9-17-35(2,3)29(26)16-22-37-19-8-7-18-36-32(40)30-24-28(25-39(30)34(42)31-15-10-23-43-31)38(21-11-20-37)33(41)27-13-5-4-6-14-27;2-1-3/h4-6,13-14,28,30-31H,7-12,15-25H2,1-3H3,(H,36,40);1H,(H,2,3)/t28-,30-,31+;/m0./s1. The molecule has 10 nitrogen and oxygen atoms in total. The average molecular weight is 639 g/mol. The molecule has 10 heteroatoms. The van der Waals surface area contributed by atoms with Crippen LogP contribution >= 0.6 is 0 Å². The van der Waals surface area contributed by atoms with E-state index >= 15 is 0 Å². The highest BCUT2D eigenvalue weighted by Gasteiger charge is 2.45. The molecule has 1 aliphatic carbocycles. The maximum Gasteiger partial charge on any atom is 0.290 e. The predicted octanol–water partition coefficient (Wildman–Crippen LogP) is 4.50. The average Bonchev–Trinajstić information content (AvgIpc) is 3.73. The number of nitrogens with zero attached hydrogens (tertiary/aromatic N) is 3. The van der Waals surface area contributed by atoms with Crippen LogP contribution < -0.4 is 5.32 Å². The van der Waals surface area contributed by atoms with Gasteiger partial charge in [-0.1, -0.05) is 43.2 Å². The van der Waals surface area contributed by atoms with E-state index in [1.54, 1.807) is 16.0 Å². The lowest BCUT2D eigenvalue weighted by Gasteiger charge is -2.36. The van der Waals surface area contributed by atoms with Crippen LogP contribution in [0.5, 0.6) is 0 Å². The molecule has 5 rings (SSSR count). The number of nitrogens with one attached hydrogen (secondary N) is 1. The molecule has 2 N–H and O–H groups in total. The third-order valence-electron chi connectivity index (χ3n) is 10.2. The van der Waals surface area contributed by atoms with E-state index in [1.807, 2.05) is 35.2 Å². The minimum absolute atomic E-state index is 0.0282. The Bertz CT molecular complexity index is 1210. The second-order valence-electron chi connectivity index (χ2n) is 13.8. The van der Waals surface area contributed by atoms with Gasteiger partial charge >= 0.3 is 0 Å². The van der Waals surface area contributed by atoms with Crippen LogP contribution in [0.4, 0.5) is 0 Å². The number of carbonyl (C=O) groups excluding carboxylic acids is 3. The van der Waals surface area contributed by atoms with Crippen LogP contribution in [0.25, 0.3) is 0 Å². The van der Waals surface area contributed by atoms with E-state index in [1.165, 1.54) is 19.3 Å². The predicted molar refractivity (Wildman–Crippen MR) is 177 cm³/mol. The number of carbonyl (C=O) groups is 4. The normalized spacial score (nSPS) is 26.1. The van der Waals surface area contributed by atoms with Crippen LogP contribution in [0, 0.1) is 5.41 Å². The van der Waals surface area contributed by atoms with Crippen molar-refractivity contribution < 1.29 is 29.0 Å². The summed E-state index contributed by atoms with van der Waals surface area (Å²) >= 11 is 0. The summed E-state index contributed by atoms with van der Waals surface area (Å²) in [6.07, 6.45) is 9.10. The number of benzene rings is 1. The second kappa shape index (κ2) is 17.1. The van der Waals surface area contributed by atoms with Crippen molar-refractivity contribution in [2.75, 3.05) is 45.9 Å². The molecular formula is C36H54N4O6. The van der Waals surface area contributed by atoms with Crippen molar-refractivity contribution in [2.24, 2.45) is 5.41 Å². The zero-order valence-corrected chi connectivity index (χ0v) is 28.0. The molecule has 46 heavy (non-hydrogen) atoms. The molecule has 0 aromatic heterocycles. The molecule has 3 fully saturated rings. The first-order valence-corrected chi connectivity index (χ1v) is 17.2. The van der Waals surface area contributed by atoms with Gasteiger partial charge in [0.25, 0.3) is 18.3 Å². The second-order valence-corrected chi connectivity index (χ2v) is 13.8. The van der Waals surface area contributed by atoms with E-state index in [2.05, 4.69) is 31.0 Å². The first-order chi connectivity index (χ1) is 22.2. The number of allylic oxidation sites excluding steroid dienone is 1. The van der Waals surface area contributed by atoms with E-state index < -0.39 is 12.1 Å². The third-order valence-corrected chi connectivity index (χ3v) is 10.2. The molecule has 0 spiro atoms. The molecular weight excluding hydrogens is 584 g/mol. The maximum absolute atomic E-state index is 13.9. The summed E-state index contributed by atoms with van der Waals surface area (Å²) in [5.74, 6) is -0.255. The molecule has 0 unspecified atom stereocenters. The lowest BCUT2D eigenvalue weighted by molar-refractivity contribution is -0.145. The van der Waals surface area contributed by atoms with Gasteiger partial charge in [0.15, 0.2) is 0 Å². The summed E-state index contributed by atoms with van der Waals surface area (Å²) in [6, 6.07) is 8.61. The molecule has 3 amide bonds. The van der Waals surface area contributed by atoms with Gasteiger partial charge in [-0.3, -0.25) is 19.2 Å². The summed E-state index contributed by atoms with van der Waals surface area (Å²) < 4.78 is 5.73. The first kappa shape index (κ1) is 35.6. The van der Waals surface area contributed by atoms with Gasteiger partial charge in [0.2, 0.25) is 5.91 Å². The van der Waals surface area contributed by atoms with E-state index in [0.717, 1.165) is 51.7 Å². The number of likely N-dealkylation sites (tertiary alicyclic amines) is 1. The van der Waals surface area contributed by atoms with Crippen molar-refractivity contribution in [3.63, 3.8) is 0 Å². The van der Waals surface area contributed by atoms with Gasteiger partial charge in [0, 0.05) is 38.3 Å². The fourth-order valence-corrected chi connectivity index (χ4v) is 7.77. The van der Waals surface area contributed by atoms with Crippen LogP contribution in [-0.2, 0) is 19.1 Å². The molecule has 3 atom stereocenters. The molecule has 0 saturated carbocycles. The Hall–Kier alpha value is -3.24. The van der Waals surface area contributed by atoms with E-state index in [-0.39, 0.29) is 35.7 Å².